The number of rotatable bonds is 6. The second kappa shape index (κ2) is 8.34. The molecule has 0 unspecified atom stereocenters. The van der Waals surface area contributed by atoms with Crippen molar-refractivity contribution in [3.05, 3.63) is 65.6 Å². The number of fused-ring (bicyclic) bond motifs is 1. The normalized spacial score (nSPS) is 13.6. The highest BCUT2D eigenvalue weighted by Gasteiger charge is 2.18. The molecule has 0 bridgehead atoms. The van der Waals surface area contributed by atoms with Crippen molar-refractivity contribution in [2.24, 2.45) is 0 Å². The summed E-state index contributed by atoms with van der Waals surface area (Å²) in [6.45, 7) is 3.91. The van der Waals surface area contributed by atoms with Gasteiger partial charge in [-0.2, -0.15) is 0 Å². The first-order valence-electron chi connectivity index (χ1n) is 9.81. The van der Waals surface area contributed by atoms with Gasteiger partial charge in [0.15, 0.2) is 0 Å². The number of nitrogens with zero attached hydrogens (tertiary/aromatic N) is 3. The number of hydrogen-bond acceptors (Lipinski definition) is 4. The van der Waals surface area contributed by atoms with E-state index in [2.05, 4.69) is 10.3 Å². The van der Waals surface area contributed by atoms with Gasteiger partial charge >= 0.3 is 0 Å². The summed E-state index contributed by atoms with van der Waals surface area (Å²) in [5.74, 6) is 0.258. The molecule has 3 heterocycles. The SMILES string of the molecule is Cc1ccc2nc(COc3cccc(C(=O)NCC(=O)N4CCCC4)c3)cn2c1. The van der Waals surface area contributed by atoms with Crippen molar-refractivity contribution < 1.29 is 14.3 Å². The average molecular weight is 392 g/mol. The lowest BCUT2D eigenvalue weighted by Gasteiger charge is -2.15. The molecule has 7 heteroatoms. The standard InChI is InChI=1S/C22H24N4O3/c1-16-7-8-20-24-18(14-26(20)13-16)15-29-19-6-4-5-17(11-19)22(28)23-12-21(27)25-9-2-3-10-25/h4-8,11,13-14H,2-3,9-10,12,15H2,1H3,(H,23,28). The molecule has 1 aromatic carbocycles. The van der Waals surface area contributed by atoms with Crippen molar-refractivity contribution in [1.82, 2.24) is 19.6 Å². The number of pyridine rings is 1. The Bertz CT molecular complexity index is 1040. The second-order valence-electron chi connectivity index (χ2n) is 7.29. The lowest BCUT2D eigenvalue weighted by atomic mass is 10.2. The minimum absolute atomic E-state index is 0.0184. The quantitative estimate of drug-likeness (QED) is 0.700. The Kier molecular flexibility index (Phi) is 5.46. The third-order valence-corrected chi connectivity index (χ3v) is 4.99. The first kappa shape index (κ1) is 19.0. The van der Waals surface area contributed by atoms with Crippen LogP contribution in [0.5, 0.6) is 5.75 Å². The lowest BCUT2D eigenvalue weighted by molar-refractivity contribution is -0.129. The van der Waals surface area contributed by atoms with Crippen LogP contribution < -0.4 is 10.1 Å². The van der Waals surface area contributed by atoms with Crippen molar-refractivity contribution in [2.75, 3.05) is 19.6 Å². The van der Waals surface area contributed by atoms with E-state index in [-0.39, 0.29) is 18.4 Å². The Morgan fingerprint density at radius 2 is 1.97 bits per heavy atom. The number of nitrogens with one attached hydrogen (secondary N) is 1. The van der Waals surface area contributed by atoms with Gasteiger partial charge in [0.2, 0.25) is 5.91 Å². The number of imidazole rings is 1. The summed E-state index contributed by atoms with van der Waals surface area (Å²) in [5.41, 5.74) is 3.29. The van der Waals surface area contributed by atoms with Crippen LogP contribution in [0, 0.1) is 6.92 Å². The fraction of sp³-hybridized carbons (Fsp3) is 0.318. The van der Waals surface area contributed by atoms with Gasteiger partial charge in [0.05, 0.1) is 12.2 Å². The first-order valence-corrected chi connectivity index (χ1v) is 9.81. The monoisotopic (exact) mass is 392 g/mol. The van der Waals surface area contributed by atoms with Crippen LogP contribution in [0.25, 0.3) is 5.65 Å². The molecule has 1 aliphatic rings. The Labute approximate surface area is 169 Å². The molecular formula is C22H24N4O3. The summed E-state index contributed by atoms with van der Waals surface area (Å²) in [6, 6.07) is 10.9. The van der Waals surface area contributed by atoms with Crippen LogP contribution in [0.1, 0.15) is 34.5 Å². The summed E-state index contributed by atoms with van der Waals surface area (Å²) in [7, 11) is 0. The zero-order chi connectivity index (χ0) is 20.2. The summed E-state index contributed by atoms with van der Waals surface area (Å²) in [4.78, 5) is 30.8. The van der Waals surface area contributed by atoms with E-state index in [1.165, 1.54) is 0 Å². The number of carbonyl (C=O) groups excluding carboxylic acids is 2. The Morgan fingerprint density at radius 1 is 1.14 bits per heavy atom. The number of benzene rings is 1. The molecule has 29 heavy (non-hydrogen) atoms. The number of hydrogen-bond donors (Lipinski definition) is 1. The molecule has 1 saturated heterocycles. The fourth-order valence-electron chi connectivity index (χ4n) is 3.45. The molecule has 0 radical (unpaired) electrons. The smallest absolute Gasteiger partial charge is 0.251 e. The number of aryl methyl sites for hydroxylation is 1. The van der Waals surface area contributed by atoms with E-state index < -0.39 is 0 Å². The molecule has 1 aliphatic heterocycles. The van der Waals surface area contributed by atoms with Crippen molar-refractivity contribution >= 4 is 17.5 Å². The van der Waals surface area contributed by atoms with Crippen molar-refractivity contribution in [2.45, 2.75) is 26.4 Å². The van der Waals surface area contributed by atoms with E-state index in [4.69, 9.17) is 4.74 Å². The largest absolute Gasteiger partial charge is 0.487 e. The molecular weight excluding hydrogens is 368 g/mol. The molecule has 1 fully saturated rings. The molecule has 3 aromatic rings. The van der Waals surface area contributed by atoms with Gasteiger partial charge in [0, 0.05) is 31.0 Å². The molecule has 0 saturated carbocycles. The van der Waals surface area contributed by atoms with E-state index in [0.717, 1.165) is 42.8 Å². The molecule has 0 spiro atoms. The number of likely N-dealkylation sites (tertiary alicyclic amines) is 1. The van der Waals surface area contributed by atoms with Gasteiger partial charge in [0.25, 0.3) is 5.91 Å². The minimum atomic E-state index is -0.286. The predicted molar refractivity (Wildman–Crippen MR) is 109 cm³/mol. The van der Waals surface area contributed by atoms with Gasteiger partial charge < -0.3 is 19.4 Å². The highest BCUT2D eigenvalue weighted by Crippen LogP contribution is 2.16. The summed E-state index contributed by atoms with van der Waals surface area (Å²) in [5, 5.41) is 2.70. The van der Waals surface area contributed by atoms with Gasteiger partial charge in [-0.1, -0.05) is 12.1 Å². The average Bonchev–Trinajstić information content (AvgIpc) is 3.40. The molecule has 1 N–H and O–H groups in total. The first-order chi connectivity index (χ1) is 14.1. The molecule has 2 amide bonds. The number of ether oxygens (including phenoxy) is 1. The van der Waals surface area contributed by atoms with Gasteiger partial charge in [-0.15, -0.1) is 0 Å². The maximum absolute atomic E-state index is 12.4. The third-order valence-electron chi connectivity index (χ3n) is 4.99. The molecule has 4 rings (SSSR count). The van der Waals surface area contributed by atoms with E-state index in [9.17, 15) is 9.59 Å². The Balaban J connectivity index is 1.34. The van der Waals surface area contributed by atoms with Crippen LogP contribution >= 0.6 is 0 Å². The highest BCUT2D eigenvalue weighted by atomic mass is 16.5. The minimum Gasteiger partial charge on any atom is -0.487 e. The zero-order valence-corrected chi connectivity index (χ0v) is 16.4. The van der Waals surface area contributed by atoms with Crippen LogP contribution in [0.15, 0.2) is 48.8 Å². The van der Waals surface area contributed by atoms with Gasteiger partial charge in [-0.25, -0.2) is 4.98 Å². The molecule has 0 aliphatic carbocycles. The van der Waals surface area contributed by atoms with Crippen LogP contribution in [-0.4, -0.2) is 45.7 Å². The second-order valence-corrected chi connectivity index (χ2v) is 7.29. The van der Waals surface area contributed by atoms with Crippen LogP contribution in [-0.2, 0) is 11.4 Å². The van der Waals surface area contributed by atoms with Crippen LogP contribution in [0.2, 0.25) is 0 Å². The maximum Gasteiger partial charge on any atom is 0.251 e. The zero-order valence-electron chi connectivity index (χ0n) is 16.4. The molecule has 2 aromatic heterocycles. The van der Waals surface area contributed by atoms with E-state index in [0.29, 0.717) is 17.9 Å². The van der Waals surface area contributed by atoms with Crippen molar-refractivity contribution in [1.29, 1.82) is 0 Å². The summed E-state index contributed by atoms with van der Waals surface area (Å²) >= 11 is 0. The van der Waals surface area contributed by atoms with E-state index in [1.54, 1.807) is 29.2 Å². The molecule has 7 nitrogen and oxygen atoms in total. The van der Waals surface area contributed by atoms with E-state index in [1.807, 2.05) is 35.9 Å². The van der Waals surface area contributed by atoms with Gasteiger partial charge in [0.1, 0.15) is 18.0 Å². The Morgan fingerprint density at radius 3 is 2.79 bits per heavy atom. The predicted octanol–water partition coefficient (Wildman–Crippen LogP) is 2.57. The number of amides is 2. The fourth-order valence-corrected chi connectivity index (χ4v) is 3.45. The van der Waals surface area contributed by atoms with Gasteiger partial charge in [-0.05, 0) is 49.6 Å². The van der Waals surface area contributed by atoms with Crippen LogP contribution in [0.4, 0.5) is 0 Å². The maximum atomic E-state index is 12.4. The van der Waals surface area contributed by atoms with Crippen molar-refractivity contribution in [3.63, 3.8) is 0 Å². The molecule has 0 atom stereocenters. The third kappa shape index (κ3) is 4.56. The van der Waals surface area contributed by atoms with Crippen LogP contribution in [0.3, 0.4) is 0 Å². The number of carbonyl (C=O) groups is 2. The Hall–Kier alpha value is -3.35. The summed E-state index contributed by atoms with van der Waals surface area (Å²) < 4.78 is 7.79. The summed E-state index contributed by atoms with van der Waals surface area (Å²) in [6.07, 6.45) is 6.01. The van der Waals surface area contributed by atoms with Gasteiger partial charge in [-0.3, -0.25) is 9.59 Å². The number of aromatic nitrogens is 2. The van der Waals surface area contributed by atoms with E-state index >= 15 is 0 Å². The van der Waals surface area contributed by atoms with Crippen molar-refractivity contribution in [3.8, 4) is 5.75 Å². The lowest BCUT2D eigenvalue weighted by Crippen LogP contribution is -2.38. The highest BCUT2D eigenvalue weighted by molar-refractivity contribution is 5.96. The molecule has 150 valence electrons. The topological polar surface area (TPSA) is 75.9 Å².